The highest BCUT2D eigenvalue weighted by Gasteiger charge is 2.82. The van der Waals surface area contributed by atoms with Gasteiger partial charge in [-0.25, -0.2) is 0 Å². The molecule has 0 saturated carbocycles. The molecule has 196 valence electrons. The number of aliphatic hydroxyl groups is 1. The molecule has 1 heterocycles. The molecule has 36 heavy (non-hydrogen) atoms. The molecule has 1 aliphatic rings. The molecule has 3 rings (SSSR count). The van der Waals surface area contributed by atoms with Gasteiger partial charge in [0, 0.05) is 6.42 Å². The van der Waals surface area contributed by atoms with Gasteiger partial charge < -0.3 is 9.84 Å². The highest BCUT2D eigenvalue weighted by Crippen LogP contribution is 2.54. The fourth-order valence-corrected chi connectivity index (χ4v) is 3.72. The molecule has 5 nitrogen and oxygen atoms in total. The topological polar surface area (TPSA) is 62.1 Å². The number of ether oxygens (including phenoxy) is 1. The Labute approximate surface area is 202 Å². The van der Waals surface area contributed by atoms with Crippen molar-refractivity contribution in [1.29, 1.82) is 0 Å². The van der Waals surface area contributed by atoms with Crippen LogP contribution in [0.3, 0.4) is 0 Å². The SMILES string of the molecule is Cc1ccc(C(C)C)c(OCC(=O)N2N=C(c3ccccc3)C[C@]2(O)C(F)(F)C(F)(F)C(F)(F)F)c1. The lowest BCUT2D eigenvalue weighted by molar-refractivity contribution is -0.401. The number of benzene rings is 2. The second-order valence-corrected chi connectivity index (χ2v) is 8.74. The van der Waals surface area contributed by atoms with Gasteiger partial charge in [-0.05, 0) is 35.6 Å². The van der Waals surface area contributed by atoms with Crippen molar-refractivity contribution in [2.45, 2.75) is 56.9 Å². The smallest absolute Gasteiger partial charge is 0.460 e. The van der Waals surface area contributed by atoms with Gasteiger partial charge in [-0.15, -0.1) is 0 Å². The second-order valence-electron chi connectivity index (χ2n) is 8.74. The normalized spacial score (nSPS) is 19.0. The fourth-order valence-electron chi connectivity index (χ4n) is 3.72. The van der Waals surface area contributed by atoms with E-state index in [1.54, 1.807) is 25.1 Å². The van der Waals surface area contributed by atoms with Gasteiger partial charge in [-0.3, -0.25) is 4.79 Å². The maximum atomic E-state index is 14.8. The van der Waals surface area contributed by atoms with Crippen molar-refractivity contribution in [3.63, 3.8) is 0 Å². The zero-order valence-electron chi connectivity index (χ0n) is 19.4. The Kier molecular flexibility index (Phi) is 7.15. The number of hydrogen-bond acceptors (Lipinski definition) is 4. The van der Waals surface area contributed by atoms with Crippen molar-refractivity contribution >= 4 is 11.6 Å². The van der Waals surface area contributed by atoms with Crippen LogP contribution in [-0.4, -0.2) is 52.1 Å². The summed E-state index contributed by atoms with van der Waals surface area (Å²) < 4.78 is 102. The molecular formula is C24H23F7N2O3. The summed E-state index contributed by atoms with van der Waals surface area (Å²) >= 11 is 0. The quantitative estimate of drug-likeness (QED) is 0.480. The number of nitrogens with zero attached hydrogens (tertiary/aromatic N) is 2. The summed E-state index contributed by atoms with van der Waals surface area (Å²) in [6, 6.07) is 12.0. The molecule has 0 unspecified atom stereocenters. The first-order valence-electron chi connectivity index (χ1n) is 10.8. The molecule has 2 aromatic rings. The summed E-state index contributed by atoms with van der Waals surface area (Å²) in [6.07, 6.45) is -8.20. The first-order valence-corrected chi connectivity index (χ1v) is 10.8. The van der Waals surface area contributed by atoms with Gasteiger partial charge in [0.05, 0.1) is 5.71 Å². The molecule has 1 N–H and O–H groups in total. The van der Waals surface area contributed by atoms with Crippen LogP contribution in [0.5, 0.6) is 5.75 Å². The van der Waals surface area contributed by atoms with Gasteiger partial charge in [0.25, 0.3) is 5.91 Å². The Hall–Kier alpha value is -3.15. The van der Waals surface area contributed by atoms with Gasteiger partial charge >= 0.3 is 18.0 Å². The minimum atomic E-state index is -6.72. The zero-order valence-corrected chi connectivity index (χ0v) is 19.4. The van der Waals surface area contributed by atoms with Crippen LogP contribution in [0.15, 0.2) is 53.6 Å². The number of alkyl halides is 7. The fraction of sp³-hybridized carbons (Fsp3) is 0.417. The molecule has 1 aliphatic heterocycles. The predicted molar refractivity (Wildman–Crippen MR) is 116 cm³/mol. The number of aryl methyl sites for hydroxylation is 1. The molecule has 1 atom stereocenters. The molecule has 0 aliphatic carbocycles. The lowest BCUT2D eigenvalue weighted by Gasteiger charge is -2.41. The van der Waals surface area contributed by atoms with E-state index in [1.807, 2.05) is 13.8 Å². The Morgan fingerprint density at radius 3 is 2.25 bits per heavy atom. The Morgan fingerprint density at radius 2 is 1.69 bits per heavy atom. The van der Waals surface area contributed by atoms with E-state index in [0.717, 1.165) is 5.56 Å². The summed E-state index contributed by atoms with van der Waals surface area (Å²) in [6.45, 7) is 4.28. The van der Waals surface area contributed by atoms with Gasteiger partial charge in [-0.1, -0.05) is 56.3 Å². The average Bonchev–Trinajstić information content (AvgIpc) is 3.16. The number of carbonyl (C=O) groups is 1. The van der Waals surface area contributed by atoms with E-state index in [1.165, 1.54) is 30.3 Å². The monoisotopic (exact) mass is 520 g/mol. The molecule has 0 radical (unpaired) electrons. The van der Waals surface area contributed by atoms with E-state index in [9.17, 15) is 40.6 Å². The van der Waals surface area contributed by atoms with Gasteiger partial charge in [0.15, 0.2) is 6.61 Å². The van der Waals surface area contributed by atoms with Crippen LogP contribution in [0.25, 0.3) is 0 Å². The van der Waals surface area contributed by atoms with Crippen LogP contribution >= 0.6 is 0 Å². The number of hydrogen-bond donors (Lipinski definition) is 1. The first kappa shape index (κ1) is 27.4. The lowest BCUT2D eigenvalue weighted by atomic mass is 9.91. The van der Waals surface area contributed by atoms with Crippen LogP contribution in [-0.2, 0) is 4.79 Å². The first-order chi connectivity index (χ1) is 16.5. The minimum absolute atomic E-state index is 0.0408. The number of rotatable bonds is 7. The van der Waals surface area contributed by atoms with Gasteiger partial charge in [-0.2, -0.15) is 40.8 Å². The third-order valence-electron chi connectivity index (χ3n) is 5.72. The van der Waals surface area contributed by atoms with Gasteiger partial charge in [0.1, 0.15) is 5.75 Å². The van der Waals surface area contributed by atoms with Crippen molar-refractivity contribution in [2.75, 3.05) is 6.61 Å². The highest BCUT2D eigenvalue weighted by atomic mass is 19.4. The van der Waals surface area contributed by atoms with Gasteiger partial charge in [0.2, 0.25) is 5.72 Å². The lowest BCUT2D eigenvalue weighted by Crippen LogP contribution is -2.69. The van der Waals surface area contributed by atoms with Crippen LogP contribution in [0.1, 0.15) is 42.9 Å². The van der Waals surface area contributed by atoms with Crippen LogP contribution < -0.4 is 4.74 Å². The largest absolute Gasteiger partial charge is 0.483 e. The van der Waals surface area contributed by atoms with Crippen molar-refractivity contribution < 1.29 is 45.4 Å². The molecule has 0 spiro atoms. The van der Waals surface area contributed by atoms with E-state index in [4.69, 9.17) is 4.74 Å². The van der Waals surface area contributed by atoms with Crippen LogP contribution in [0.2, 0.25) is 0 Å². The maximum absolute atomic E-state index is 14.8. The third-order valence-corrected chi connectivity index (χ3v) is 5.72. The summed E-state index contributed by atoms with van der Waals surface area (Å²) in [5.74, 6) is -14.3. The Bertz CT molecular complexity index is 1150. The third kappa shape index (κ3) is 4.65. The number of carbonyl (C=O) groups excluding carboxylic acids is 1. The summed E-state index contributed by atoms with van der Waals surface area (Å²) in [7, 11) is 0. The molecule has 0 bridgehead atoms. The van der Waals surface area contributed by atoms with Crippen molar-refractivity contribution in [3.8, 4) is 5.75 Å². The van der Waals surface area contributed by atoms with Crippen molar-refractivity contribution in [1.82, 2.24) is 5.01 Å². The summed E-state index contributed by atoms with van der Waals surface area (Å²) in [5, 5.41) is 13.8. The van der Waals surface area contributed by atoms with E-state index in [-0.39, 0.29) is 17.2 Å². The van der Waals surface area contributed by atoms with Crippen LogP contribution in [0, 0.1) is 6.92 Å². The average molecular weight is 520 g/mol. The minimum Gasteiger partial charge on any atom is -0.483 e. The predicted octanol–water partition coefficient (Wildman–Crippen LogP) is 5.66. The summed E-state index contributed by atoms with van der Waals surface area (Å²) in [4.78, 5) is 12.9. The Balaban J connectivity index is 2.01. The van der Waals surface area contributed by atoms with E-state index in [2.05, 4.69) is 5.10 Å². The molecule has 2 aromatic carbocycles. The number of hydrazone groups is 1. The standard InChI is InChI=1S/C24H23F7N2O3/c1-14(2)17-10-9-15(3)11-19(17)36-13-20(34)33-21(35,22(25,26)23(27,28)24(29,30)31)12-18(32-33)16-7-5-4-6-8-16/h4-11,14,35H,12-13H2,1-3H3/t21-/m0/s1. The molecule has 1 amide bonds. The van der Waals surface area contributed by atoms with Crippen molar-refractivity contribution in [3.05, 3.63) is 65.2 Å². The molecule has 12 heteroatoms. The zero-order chi connectivity index (χ0) is 27.1. The highest BCUT2D eigenvalue weighted by molar-refractivity contribution is 6.03. The second kappa shape index (κ2) is 9.38. The van der Waals surface area contributed by atoms with Crippen LogP contribution in [0.4, 0.5) is 30.7 Å². The molecule has 0 aromatic heterocycles. The van der Waals surface area contributed by atoms with E-state index >= 15 is 0 Å². The maximum Gasteiger partial charge on any atom is 0.460 e. The number of amides is 1. The van der Waals surface area contributed by atoms with Crippen molar-refractivity contribution in [2.24, 2.45) is 5.10 Å². The van der Waals surface area contributed by atoms with E-state index in [0.29, 0.717) is 5.56 Å². The molecule has 0 saturated heterocycles. The number of halogens is 7. The molecular weight excluding hydrogens is 497 g/mol. The Morgan fingerprint density at radius 1 is 1.08 bits per heavy atom. The molecule has 0 fully saturated rings. The van der Waals surface area contributed by atoms with E-state index < -0.39 is 53.4 Å². The summed E-state index contributed by atoms with van der Waals surface area (Å²) in [5.41, 5.74) is -3.42.